The zero-order valence-corrected chi connectivity index (χ0v) is 14.7. The third-order valence-electron chi connectivity index (χ3n) is 3.92. The lowest BCUT2D eigenvalue weighted by Gasteiger charge is -2.05. The minimum absolute atomic E-state index is 0.107. The van der Waals surface area contributed by atoms with Crippen LogP contribution in [0.4, 0.5) is 10.1 Å². The molecular weight excluding hydrogens is 349 g/mol. The smallest absolute Gasteiger partial charge is 0.221 e. The average molecular weight is 363 g/mol. The van der Waals surface area contributed by atoms with Gasteiger partial charge in [0.25, 0.3) is 0 Å². The van der Waals surface area contributed by atoms with Crippen LogP contribution in [0.15, 0.2) is 60.9 Å². The molecule has 0 aliphatic carbocycles. The molecule has 2 heterocycles. The van der Waals surface area contributed by atoms with E-state index in [0.29, 0.717) is 0 Å². The Morgan fingerprint density at radius 3 is 2.38 bits per heavy atom. The lowest BCUT2D eigenvalue weighted by atomic mass is 10.1. The first-order chi connectivity index (χ1) is 12.6. The van der Waals surface area contributed by atoms with Crippen molar-refractivity contribution in [1.82, 2.24) is 9.97 Å². The number of anilines is 1. The molecule has 128 valence electrons. The lowest BCUT2D eigenvalue weighted by molar-refractivity contribution is -0.114. The number of benzene rings is 2. The number of hydrogen-bond donors (Lipinski definition) is 1. The molecule has 0 radical (unpaired) electrons. The highest BCUT2D eigenvalue weighted by Gasteiger charge is 2.12. The highest BCUT2D eigenvalue weighted by molar-refractivity contribution is 7.22. The number of fused-ring (bicyclic) bond motifs is 1. The van der Waals surface area contributed by atoms with Crippen LogP contribution in [0.5, 0.6) is 0 Å². The van der Waals surface area contributed by atoms with Gasteiger partial charge in [-0.3, -0.25) is 4.79 Å². The number of thiophene rings is 1. The van der Waals surface area contributed by atoms with E-state index in [-0.39, 0.29) is 11.7 Å². The summed E-state index contributed by atoms with van der Waals surface area (Å²) in [7, 11) is 0. The molecule has 0 fully saturated rings. The Bertz CT molecular complexity index is 1090. The maximum atomic E-state index is 13.2. The summed E-state index contributed by atoms with van der Waals surface area (Å²) in [5, 5.41) is 2.75. The van der Waals surface area contributed by atoms with Crippen molar-refractivity contribution in [2.24, 2.45) is 0 Å². The van der Waals surface area contributed by atoms with Gasteiger partial charge < -0.3 is 5.32 Å². The summed E-state index contributed by atoms with van der Waals surface area (Å²) in [4.78, 5) is 21.0. The first-order valence-corrected chi connectivity index (χ1v) is 8.80. The van der Waals surface area contributed by atoms with Gasteiger partial charge in [-0.1, -0.05) is 24.3 Å². The predicted molar refractivity (Wildman–Crippen MR) is 103 cm³/mol. The van der Waals surface area contributed by atoms with Crippen LogP contribution in [0.1, 0.15) is 6.92 Å². The molecule has 0 spiro atoms. The van der Waals surface area contributed by atoms with Crippen LogP contribution >= 0.6 is 11.3 Å². The van der Waals surface area contributed by atoms with Crippen LogP contribution in [-0.4, -0.2) is 15.9 Å². The Morgan fingerprint density at radius 2 is 1.69 bits per heavy atom. The van der Waals surface area contributed by atoms with Crippen molar-refractivity contribution in [3.05, 3.63) is 66.7 Å². The van der Waals surface area contributed by atoms with E-state index in [1.165, 1.54) is 19.1 Å². The fourth-order valence-electron chi connectivity index (χ4n) is 2.73. The summed E-state index contributed by atoms with van der Waals surface area (Å²) in [6, 6.07) is 15.9. The summed E-state index contributed by atoms with van der Waals surface area (Å²) in [6.45, 7) is 1.48. The summed E-state index contributed by atoms with van der Waals surface area (Å²) >= 11 is 1.58. The molecule has 0 saturated heterocycles. The van der Waals surface area contributed by atoms with Crippen LogP contribution in [0, 0.1) is 5.82 Å². The van der Waals surface area contributed by atoms with Gasteiger partial charge in [-0.2, -0.15) is 0 Å². The van der Waals surface area contributed by atoms with Crippen molar-refractivity contribution in [3.63, 3.8) is 0 Å². The van der Waals surface area contributed by atoms with Crippen molar-refractivity contribution < 1.29 is 9.18 Å². The minimum Gasteiger partial charge on any atom is -0.326 e. The molecular formula is C20H14FN3OS. The standard InChI is InChI=1S/C20H14FN3OS/c1-12(25)24-16-8-4-14(5-9-16)19-20-17(22-11-23-19)10-18(26-20)13-2-6-15(21)7-3-13/h2-11H,1H3,(H,24,25). The quantitative estimate of drug-likeness (QED) is 0.549. The number of rotatable bonds is 3. The number of nitrogens with one attached hydrogen (secondary N) is 1. The Kier molecular flexibility index (Phi) is 4.18. The molecule has 4 aromatic rings. The van der Waals surface area contributed by atoms with Gasteiger partial charge in [0.05, 0.1) is 15.9 Å². The second-order valence-corrected chi connectivity index (χ2v) is 6.86. The van der Waals surface area contributed by atoms with Gasteiger partial charge in [-0.05, 0) is 35.9 Å². The van der Waals surface area contributed by atoms with E-state index in [1.807, 2.05) is 30.3 Å². The number of amides is 1. The van der Waals surface area contributed by atoms with Crippen LogP contribution in [0.2, 0.25) is 0 Å². The lowest BCUT2D eigenvalue weighted by Crippen LogP contribution is -2.05. The van der Waals surface area contributed by atoms with E-state index >= 15 is 0 Å². The molecule has 4 nitrogen and oxygen atoms in total. The van der Waals surface area contributed by atoms with Gasteiger partial charge in [0.2, 0.25) is 5.91 Å². The SMILES string of the molecule is CC(=O)Nc1ccc(-c2ncnc3cc(-c4ccc(F)cc4)sc23)cc1. The van der Waals surface area contributed by atoms with E-state index < -0.39 is 0 Å². The summed E-state index contributed by atoms with van der Waals surface area (Å²) < 4.78 is 14.1. The zero-order valence-electron chi connectivity index (χ0n) is 13.9. The first-order valence-electron chi connectivity index (χ1n) is 7.99. The van der Waals surface area contributed by atoms with Crippen LogP contribution in [-0.2, 0) is 4.79 Å². The monoisotopic (exact) mass is 363 g/mol. The van der Waals surface area contributed by atoms with Crippen molar-refractivity contribution in [2.45, 2.75) is 6.92 Å². The third kappa shape index (κ3) is 3.19. The van der Waals surface area contributed by atoms with Gasteiger partial charge in [0.1, 0.15) is 12.1 Å². The molecule has 0 aliphatic rings. The highest BCUT2D eigenvalue weighted by atomic mass is 32.1. The fraction of sp³-hybridized carbons (Fsp3) is 0.0500. The molecule has 1 N–H and O–H groups in total. The van der Waals surface area contributed by atoms with Crippen molar-refractivity contribution in [1.29, 1.82) is 0 Å². The van der Waals surface area contributed by atoms with Gasteiger partial charge >= 0.3 is 0 Å². The van der Waals surface area contributed by atoms with Gasteiger partial charge in [-0.25, -0.2) is 14.4 Å². The normalized spacial score (nSPS) is 10.8. The van der Waals surface area contributed by atoms with Crippen molar-refractivity contribution in [3.8, 4) is 21.7 Å². The molecule has 26 heavy (non-hydrogen) atoms. The Hall–Kier alpha value is -3.12. The molecule has 0 bridgehead atoms. The maximum Gasteiger partial charge on any atom is 0.221 e. The van der Waals surface area contributed by atoms with Crippen molar-refractivity contribution >= 4 is 33.1 Å². The minimum atomic E-state index is -0.255. The van der Waals surface area contributed by atoms with E-state index in [1.54, 1.807) is 29.8 Å². The van der Waals surface area contributed by atoms with Crippen LogP contribution < -0.4 is 5.32 Å². The summed E-state index contributed by atoms with van der Waals surface area (Å²) in [5.74, 6) is -0.362. The molecule has 2 aromatic carbocycles. The molecule has 0 aliphatic heterocycles. The van der Waals surface area contributed by atoms with E-state index in [9.17, 15) is 9.18 Å². The summed E-state index contributed by atoms with van der Waals surface area (Å²) in [5.41, 5.74) is 4.32. The molecule has 0 atom stereocenters. The van der Waals surface area contributed by atoms with Gasteiger partial charge in [0, 0.05) is 23.1 Å². The molecule has 6 heteroatoms. The Morgan fingerprint density at radius 1 is 1.00 bits per heavy atom. The average Bonchev–Trinajstić information content (AvgIpc) is 3.07. The molecule has 4 rings (SSSR count). The second kappa shape index (κ2) is 6.65. The topological polar surface area (TPSA) is 54.9 Å². The predicted octanol–water partition coefficient (Wildman–Crippen LogP) is 5.12. The molecule has 0 saturated carbocycles. The van der Waals surface area contributed by atoms with Crippen molar-refractivity contribution in [2.75, 3.05) is 5.32 Å². The zero-order chi connectivity index (χ0) is 18.1. The number of aromatic nitrogens is 2. The third-order valence-corrected chi connectivity index (χ3v) is 5.10. The maximum absolute atomic E-state index is 13.2. The molecule has 0 unspecified atom stereocenters. The number of halogens is 1. The fourth-order valence-corrected chi connectivity index (χ4v) is 3.86. The first kappa shape index (κ1) is 16.4. The molecule has 2 aromatic heterocycles. The molecule has 1 amide bonds. The number of hydrogen-bond acceptors (Lipinski definition) is 4. The number of carbonyl (C=O) groups is 1. The second-order valence-electron chi connectivity index (χ2n) is 5.81. The summed E-state index contributed by atoms with van der Waals surface area (Å²) in [6.07, 6.45) is 1.54. The largest absolute Gasteiger partial charge is 0.326 e. The van der Waals surface area contributed by atoms with E-state index in [4.69, 9.17) is 0 Å². The van der Waals surface area contributed by atoms with E-state index in [2.05, 4.69) is 15.3 Å². The number of carbonyl (C=O) groups excluding carboxylic acids is 1. The van der Waals surface area contributed by atoms with Crippen LogP contribution in [0.25, 0.3) is 31.9 Å². The van der Waals surface area contributed by atoms with Gasteiger partial charge in [-0.15, -0.1) is 11.3 Å². The Labute approximate surface area is 153 Å². The Balaban J connectivity index is 1.76. The number of nitrogens with zero attached hydrogens (tertiary/aromatic N) is 2. The van der Waals surface area contributed by atoms with Gasteiger partial charge in [0.15, 0.2) is 0 Å². The highest BCUT2D eigenvalue weighted by Crippen LogP contribution is 2.37. The van der Waals surface area contributed by atoms with Crippen LogP contribution in [0.3, 0.4) is 0 Å². The van der Waals surface area contributed by atoms with E-state index in [0.717, 1.165) is 37.6 Å².